The Morgan fingerprint density at radius 2 is 1.48 bits per heavy atom. The van der Waals surface area contributed by atoms with Gasteiger partial charge in [0.1, 0.15) is 0 Å². The summed E-state index contributed by atoms with van der Waals surface area (Å²) in [7, 11) is 2.06. The highest BCUT2D eigenvalue weighted by atomic mass is 32.1. The van der Waals surface area contributed by atoms with Gasteiger partial charge in [0, 0.05) is 30.6 Å². The number of hydrogen-bond acceptors (Lipinski definition) is 1. The molecule has 0 aliphatic carbocycles. The van der Waals surface area contributed by atoms with Crippen molar-refractivity contribution >= 4 is 12.2 Å². The van der Waals surface area contributed by atoms with Crippen molar-refractivity contribution in [2.75, 3.05) is 0 Å². The highest BCUT2D eigenvalue weighted by Gasteiger charge is 2.10. The molecule has 0 unspecified atom stereocenters. The van der Waals surface area contributed by atoms with E-state index in [1.54, 1.807) is 0 Å². The van der Waals surface area contributed by atoms with E-state index in [4.69, 9.17) is 12.2 Å². The van der Waals surface area contributed by atoms with Crippen molar-refractivity contribution in [3.63, 3.8) is 0 Å². The molecule has 1 aromatic heterocycles. The maximum absolute atomic E-state index is 5.85. The van der Waals surface area contributed by atoms with Gasteiger partial charge in [-0.25, -0.2) is 0 Å². The molecule has 0 saturated heterocycles. The second-order valence-electron chi connectivity index (χ2n) is 5.85. The van der Waals surface area contributed by atoms with E-state index in [1.807, 2.05) is 6.07 Å². The molecule has 2 aromatic carbocycles. The first-order chi connectivity index (χ1) is 11.2. The average Bonchev–Trinajstić information content (AvgIpc) is 2.58. The summed E-state index contributed by atoms with van der Waals surface area (Å²) in [6.07, 6.45) is 6.46. The third kappa shape index (κ3) is 3.27. The van der Waals surface area contributed by atoms with Gasteiger partial charge in [-0.15, -0.1) is 0 Å². The maximum Gasteiger partial charge on any atom is 0.0563 e. The lowest BCUT2D eigenvalue weighted by atomic mass is 9.96. The monoisotopic (exact) mass is 319 g/mol. The lowest BCUT2D eigenvalue weighted by Gasteiger charge is -2.14. The Morgan fingerprint density at radius 3 is 2.22 bits per heavy atom. The molecule has 3 rings (SSSR count). The van der Waals surface area contributed by atoms with Crippen molar-refractivity contribution in [3.8, 4) is 22.3 Å². The Labute approximate surface area is 143 Å². The molecule has 23 heavy (non-hydrogen) atoms. The van der Waals surface area contributed by atoms with Crippen LogP contribution < -0.4 is 0 Å². The third-order valence-electron chi connectivity index (χ3n) is 4.07. The van der Waals surface area contributed by atoms with E-state index in [-0.39, 0.29) is 0 Å². The molecule has 0 spiro atoms. The van der Waals surface area contributed by atoms with Gasteiger partial charge in [0.05, 0.1) is 4.51 Å². The van der Waals surface area contributed by atoms with Crippen LogP contribution in [0.4, 0.5) is 0 Å². The van der Waals surface area contributed by atoms with E-state index in [9.17, 15) is 0 Å². The number of nitrogens with zero attached hydrogens (tertiary/aromatic N) is 1. The molecule has 0 radical (unpaired) electrons. The fourth-order valence-corrected chi connectivity index (χ4v) is 3.33. The average molecular weight is 319 g/mol. The van der Waals surface area contributed by atoms with Gasteiger partial charge in [0.25, 0.3) is 0 Å². The molecule has 2 heteroatoms. The summed E-state index contributed by atoms with van der Waals surface area (Å²) in [5, 5.41) is 0. The van der Waals surface area contributed by atoms with Gasteiger partial charge in [-0.2, -0.15) is 0 Å². The summed E-state index contributed by atoms with van der Waals surface area (Å²) in [5.74, 6) is 0. The highest BCUT2D eigenvalue weighted by Crippen LogP contribution is 2.31. The van der Waals surface area contributed by atoms with Crippen LogP contribution in [0.2, 0.25) is 0 Å². The largest absolute Gasteiger partial charge is 0.356 e. The summed E-state index contributed by atoms with van der Waals surface area (Å²) >= 11 is 5.85. The molecule has 0 aliphatic rings. The number of pyridine rings is 1. The zero-order valence-electron chi connectivity index (χ0n) is 13.6. The fraction of sp³-hybridized carbons (Fsp3) is 0.190. The second kappa shape index (κ2) is 6.93. The molecule has 3 aromatic rings. The van der Waals surface area contributed by atoms with Gasteiger partial charge >= 0.3 is 0 Å². The smallest absolute Gasteiger partial charge is 0.0563 e. The number of hydrogen-bond donors (Lipinski definition) is 0. The van der Waals surface area contributed by atoms with Crippen LogP contribution in [-0.2, 0) is 13.5 Å². The summed E-state index contributed by atoms with van der Waals surface area (Å²) in [6.45, 7) is 2.21. The molecule has 0 fully saturated rings. The van der Waals surface area contributed by atoms with E-state index in [2.05, 4.69) is 79.5 Å². The van der Waals surface area contributed by atoms with Crippen molar-refractivity contribution in [2.45, 2.75) is 19.8 Å². The Balaban J connectivity index is 2.23. The molecule has 1 nitrogen and oxygen atoms in total. The molecule has 0 N–H and O–H groups in total. The highest BCUT2D eigenvalue weighted by molar-refractivity contribution is 7.71. The first-order valence-corrected chi connectivity index (χ1v) is 8.45. The zero-order chi connectivity index (χ0) is 16.2. The van der Waals surface area contributed by atoms with Crippen LogP contribution in [0.25, 0.3) is 22.3 Å². The first-order valence-electron chi connectivity index (χ1n) is 8.04. The predicted octanol–water partition coefficient (Wildman–Crippen LogP) is 6.04. The van der Waals surface area contributed by atoms with E-state index >= 15 is 0 Å². The summed E-state index contributed by atoms with van der Waals surface area (Å²) in [6, 6.07) is 19.0. The number of aromatic nitrogens is 1. The van der Waals surface area contributed by atoms with Crippen molar-refractivity contribution in [2.24, 2.45) is 7.05 Å². The Kier molecular flexibility index (Phi) is 4.73. The molecule has 0 bridgehead atoms. The second-order valence-corrected chi connectivity index (χ2v) is 6.26. The Bertz CT molecular complexity index is 863. The quantitative estimate of drug-likeness (QED) is 0.531. The van der Waals surface area contributed by atoms with Crippen LogP contribution in [0.1, 0.15) is 18.9 Å². The number of benzene rings is 2. The molecular formula is C21H21NS. The van der Waals surface area contributed by atoms with Crippen LogP contribution in [0.3, 0.4) is 0 Å². The SMILES string of the molecule is CCCc1ccccc1-c1cn(C)cc(-c2ccccc2)c1=S. The molecule has 0 atom stereocenters. The normalized spacial score (nSPS) is 10.7. The fourth-order valence-electron chi connectivity index (χ4n) is 2.99. The topological polar surface area (TPSA) is 4.93 Å². The third-order valence-corrected chi connectivity index (χ3v) is 4.51. The van der Waals surface area contributed by atoms with Crippen LogP contribution in [0, 0.1) is 4.51 Å². The van der Waals surface area contributed by atoms with E-state index < -0.39 is 0 Å². The minimum Gasteiger partial charge on any atom is -0.356 e. The van der Waals surface area contributed by atoms with Gasteiger partial charge in [-0.3, -0.25) is 0 Å². The Hall–Kier alpha value is -2.19. The lowest BCUT2D eigenvalue weighted by Crippen LogP contribution is -1.97. The first kappa shape index (κ1) is 15.7. The lowest BCUT2D eigenvalue weighted by molar-refractivity contribution is 0.902. The van der Waals surface area contributed by atoms with Gasteiger partial charge in [-0.05, 0) is 23.1 Å². The summed E-state index contributed by atoms with van der Waals surface area (Å²) in [4.78, 5) is 0. The van der Waals surface area contributed by atoms with Gasteiger partial charge in [0.15, 0.2) is 0 Å². The van der Waals surface area contributed by atoms with Crippen molar-refractivity contribution < 1.29 is 0 Å². The van der Waals surface area contributed by atoms with Crippen molar-refractivity contribution in [1.29, 1.82) is 0 Å². The molecular weight excluding hydrogens is 298 g/mol. The summed E-state index contributed by atoms with van der Waals surface area (Å²) in [5.41, 5.74) is 6.06. The van der Waals surface area contributed by atoms with E-state index in [0.29, 0.717) is 0 Å². The standard InChI is InChI=1S/C21H21NS/c1-3-9-16-12-7-8-13-18(16)20-15-22(2)14-19(21(20)23)17-10-5-4-6-11-17/h4-8,10-15H,3,9H2,1-2H3. The molecule has 0 amide bonds. The summed E-state index contributed by atoms with van der Waals surface area (Å²) < 4.78 is 3.04. The molecule has 1 heterocycles. The minimum absolute atomic E-state index is 0.929. The van der Waals surface area contributed by atoms with E-state index in [0.717, 1.165) is 28.5 Å². The van der Waals surface area contributed by atoms with Crippen LogP contribution in [0.15, 0.2) is 67.0 Å². The van der Waals surface area contributed by atoms with Crippen molar-refractivity contribution in [1.82, 2.24) is 4.57 Å². The van der Waals surface area contributed by atoms with Crippen molar-refractivity contribution in [3.05, 3.63) is 77.1 Å². The number of rotatable bonds is 4. The van der Waals surface area contributed by atoms with E-state index in [1.165, 1.54) is 16.7 Å². The van der Waals surface area contributed by atoms with Gasteiger partial charge in [-0.1, -0.05) is 80.2 Å². The van der Waals surface area contributed by atoms with Crippen LogP contribution in [-0.4, -0.2) is 4.57 Å². The number of aryl methyl sites for hydroxylation is 2. The molecule has 0 aliphatic heterocycles. The van der Waals surface area contributed by atoms with Gasteiger partial charge in [0.2, 0.25) is 0 Å². The molecule has 116 valence electrons. The zero-order valence-corrected chi connectivity index (χ0v) is 14.4. The molecule has 0 saturated carbocycles. The maximum atomic E-state index is 5.85. The van der Waals surface area contributed by atoms with Crippen LogP contribution in [0.5, 0.6) is 0 Å². The Morgan fingerprint density at radius 1 is 0.826 bits per heavy atom. The predicted molar refractivity (Wildman–Crippen MR) is 101 cm³/mol. The minimum atomic E-state index is 0.929. The van der Waals surface area contributed by atoms with Gasteiger partial charge < -0.3 is 4.57 Å². The van der Waals surface area contributed by atoms with Crippen LogP contribution >= 0.6 is 12.2 Å².